The zero-order chi connectivity index (χ0) is 10.7. The van der Waals surface area contributed by atoms with Gasteiger partial charge in [0.1, 0.15) is 11.5 Å². The van der Waals surface area contributed by atoms with Crippen LogP contribution in [0.2, 0.25) is 0 Å². The number of aromatic nitrogens is 1. The van der Waals surface area contributed by atoms with Gasteiger partial charge in [-0.15, -0.1) is 0 Å². The van der Waals surface area contributed by atoms with Crippen molar-refractivity contribution in [3.8, 4) is 11.5 Å². The van der Waals surface area contributed by atoms with E-state index in [2.05, 4.69) is 27.8 Å². The summed E-state index contributed by atoms with van der Waals surface area (Å²) in [4.78, 5) is 4.05. The highest BCUT2D eigenvalue weighted by atomic mass is 79.9. The van der Waals surface area contributed by atoms with Crippen molar-refractivity contribution in [1.29, 1.82) is 0 Å². The van der Waals surface area contributed by atoms with Gasteiger partial charge in [0.15, 0.2) is 0 Å². The second-order valence-electron chi connectivity index (χ2n) is 3.00. The predicted octanol–water partition coefficient (Wildman–Crippen LogP) is 3.82. The Morgan fingerprint density at radius 3 is 2.53 bits per heavy atom. The molecule has 1 heterocycles. The van der Waals surface area contributed by atoms with Crippen LogP contribution in [-0.2, 0) is 0 Å². The Labute approximate surface area is 97.1 Å². The van der Waals surface area contributed by atoms with Crippen molar-refractivity contribution in [3.63, 3.8) is 0 Å². The fourth-order valence-electron chi connectivity index (χ4n) is 1.15. The molecule has 2 rings (SSSR count). The molecular formula is C12H9BrNO. The van der Waals surface area contributed by atoms with Crippen LogP contribution in [0.1, 0.15) is 5.69 Å². The number of ether oxygens (including phenoxy) is 1. The van der Waals surface area contributed by atoms with Crippen molar-refractivity contribution in [1.82, 2.24) is 4.98 Å². The van der Waals surface area contributed by atoms with Crippen LogP contribution in [-0.4, -0.2) is 4.98 Å². The Kier molecular flexibility index (Phi) is 3.02. The van der Waals surface area contributed by atoms with Crippen LogP contribution in [0.4, 0.5) is 0 Å². The summed E-state index contributed by atoms with van der Waals surface area (Å²) in [5.74, 6) is 1.45. The van der Waals surface area contributed by atoms with Gasteiger partial charge in [0.05, 0.1) is 5.69 Å². The maximum Gasteiger partial charge on any atom is 0.148 e. The molecule has 15 heavy (non-hydrogen) atoms. The Morgan fingerprint density at radius 2 is 1.87 bits per heavy atom. The van der Waals surface area contributed by atoms with Crippen molar-refractivity contribution in [2.24, 2.45) is 0 Å². The molecule has 0 aliphatic carbocycles. The molecule has 0 N–H and O–H groups in total. The number of halogens is 1. The van der Waals surface area contributed by atoms with Gasteiger partial charge in [0.2, 0.25) is 0 Å². The topological polar surface area (TPSA) is 22.1 Å². The lowest BCUT2D eigenvalue weighted by Crippen LogP contribution is -1.89. The van der Waals surface area contributed by atoms with Gasteiger partial charge < -0.3 is 4.74 Å². The van der Waals surface area contributed by atoms with Gasteiger partial charge in [-0.25, -0.2) is 0 Å². The standard InChI is InChI=1S/C12H9BrNO/c1-9-12(3-2-8-14-9)15-11-6-4-10(13)5-7-11/h2-8H,1H2. The van der Waals surface area contributed by atoms with Crippen LogP contribution in [0.5, 0.6) is 11.5 Å². The van der Waals surface area contributed by atoms with E-state index < -0.39 is 0 Å². The van der Waals surface area contributed by atoms with Crippen LogP contribution >= 0.6 is 15.9 Å². The monoisotopic (exact) mass is 262 g/mol. The first-order valence-corrected chi connectivity index (χ1v) is 5.25. The van der Waals surface area contributed by atoms with Gasteiger partial charge in [-0.1, -0.05) is 15.9 Å². The van der Waals surface area contributed by atoms with E-state index in [1.807, 2.05) is 36.4 Å². The van der Waals surface area contributed by atoms with Crippen LogP contribution in [0, 0.1) is 6.92 Å². The summed E-state index contributed by atoms with van der Waals surface area (Å²) < 4.78 is 6.64. The smallest absolute Gasteiger partial charge is 0.148 e. The summed E-state index contributed by atoms with van der Waals surface area (Å²) in [6.07, 6.45) is 1.69. The summed E-state index contributed by atoms with van der Waals surface area (Å²) in [5.41, 5.74) is 0.639. The van der Waals surface area contributed by atoms with Crippen LogP contribution < -0.4 is 4.74 Å². The van der Waals surface area contributed by atoms with E-state index in [1.165, 1.54) is 0 Å². The minimum absolute atomic E-state index is 0.639. The van der Waals surface area contributed by atoms with Gasteiger partial charge in [-0.05, 0) is 43.3 Å². The van der Waals surface area contributed by atoms with E-state index in [9.17, 15) is 0 Å². The maximum absolute atomic E-state index is 5.62. The number of benzene rings is 1. The lowest BCUT2D eigenvalue weighted by Gasteiger charge is -2.07. The maximum atomic E-state index is 5.62. The first kappa shape index (κ1) is 10.2. The predicted molar refractivity (Wildman–Crippen MR) is 62.9 cm³/mol. The highest BCUT2D eigenvalue weighted by molar-refractivity contribution is 9.10. The molecule has 0 spiro atoms. The highest BCUT2D eigenvalue weighted by Crippen LogP contribution is 2.24. The average Bonchev–Trinajstić information content (AvgIpc) is 2.25. The molecule has 1 radical (unpaired) electrons. The van der Waals surface area contributed by atoms with Gasteiger partial charge in [0.25, 0.3) is 0 Å². The number of nitrogens with zero attached hydrogens (tertiary/aromatic N) is 1. The van der Waals surface area contributed by atoms with E-state index >= 15 is 0 Å². The van der Waals surface area contributed by atoms with E-state index in [-0.39, 0.29) is 0 Å². The molecule has 2 nitrogen and oxygen atoms in total. The lowest BCUT2D eigenvalue weighted by atomic mass is 10.3. The van der Waals surface area contributed by atoms with Gasteiger partial charge in [-0.2, -0.15) is 0 Å². The summed E-state index contributed by atoms with van der Waals surface area (Å²) >= 11 is 3.37. The molecule has 75 valence electrons. The Morgan fingerprint density at radius 1 is 1.13 bits per heavy atom. The van der Waals surface area contributed by atoms with E-state index in [4.69, 9.17) is 4.74 Å². The summed E-state index contributed by atoms with van der Waals surface area (Å²) in [5, 5.41) is 0. The van der Waals surface area contributed by atoms with Crippen LogP contribution in [0.3, 0.4) is 0 Å². The van der Waals surface area contributed by atoms with E-state index in [0.717, 1.165) is 10.2 Å². The molecular weight excluding hydrogens is 254 g/mol. The Hall–Kier alpha value is -1.35. The third-order valence-corrected chi connectivity index (χ3v) is 2.42. The van der Waals surface area contributed by atoms with Gasteiger partial charge >= 0.3 is 0 Å². The molecule has 3 heteroatoms. The Balaban J connectivity index is 2.22. The van der Waals surface area contributed by atoms with Crippen LogP contribution in [0.15, 0.2) is 47.1 Å². The van der Waals surface area contributed by atoms with Gasteiger partial charge in [-0.3, -0.25) is 4.98 Å². The fourth-order valence-corrected chi connectivity index (χ4v) is 1.41. The van der Waals surface area contributed by atoms with Crippen LogP contribution in [0.25, 0.3) is 0 Å². The first-order valence-electron chi connectivity index (χ1n) is 4.46. The van der Waals surface area contributed by atoms with Crippen molar-refractivity contribution in [2.75, 3.05) is 0 Å². The molecule has 0 atom stereocenters. The molecule has 0 aliphatic rings. The number of hydrogen-bond donors (Lipinski definition) is 0. The number of rotatable bonds is 2. The largest absolute Gasteiger partial charge is 0.455 e. The minimum Gasteiger partial charge on any atom is -0.455 e. The Bertz CT molecular complexity index is 453. The SMILES string of the molecule is [CH2]c1ncccc1Oc1ccc(Br)cc1. The van der Waals surface area contributed by atoms with E-state index in [0.29, 0.717) is 11.4 Å². The lowest BCUT2D eigenvalue weighted by molar-refractivity contribution is 0.477. The molecule has 0 saturated carbocycles. The quantitative estimate of drug-likeness (QED) is 0.821. The average molecular weight is 263 g/mol. The zero-order valence-corrected chi connectivity index (χ0v) is 9.57. The molecule has 0 bridgehead atoms. The summed E-state index contributed by atoms with van der Waals surface area (Å²) in [7, 11) is 0. The molecule has 0 amide bonds. The molecule has 0 fully saturated rings. The van der Waals surface area contributed by atoms with Crippen molar-refractivity contribution < 1.29 is 4.74 Å². The molecule has 0 saturated heterocycles. The zero-order valence-electron chi connectivity index (χ0n) is 7.98. The highest BCUT2D eigenvalue weighted by Gasteiger charge is 2.00. The van der Waals surface area contributed by atoms with Gasteiger partial charge in [0, 0.05) is 10.7 Å². The third-order valence-electron chi connectivity index (χ3n) is 1.89. The number of hydrogen-bond acceptors (Lipinski definition) is 2. The summed E-state index contributed by atoms with van der Waals surface area (Å²) in [6, 6.07) is 11.3. The molecule has 2 aromatic rings. The second-order valence-corrected chi connectivity index (χ2v) is 3.92. The third kappa shape index (κ3) is 2.57. The molecule has 0 unspecified atom stereocenters. The number of pyridine rings is 1. The first-order chi connectivity index (χ1) is 7.25. The van der Waals surface area contributed by atoms with Crippen molar-refractivity contribution in [3.05, 3.63) is 59.7 Å². The molecule has 1 aromatic heterocycles. The molecule has 0 aliphatic heterocycles. The normalized spacial score (nSPS) is 10.0. The minimum atomic E-state index is 0.639. The van der Waals surface area contributed by atoms with Crippen molar-refractivity contribution >= 4 is 15.9 Å². The second kappa shape index (κ2) is 4.45. The van der Waals surface area contributed by atoms with E-state index in [1.54, 1.807) is 6.20 Å². The van der Waals surface area contributed by atoms with Crippen molar-refractivity contribution in [2.45, 2.75) is 0 Å². The fraction of sp³-hybridized carbons (Fsp3) is 0. The summed E-state index contributed by atoms with van der Waals surface area (Å²) in [6.45, 7) is 3.79. The molecule has 1 aromatic carbocycles.